The molecule has 0 saturated heterocycles. The van der Waals surface area contributed by atoms with Gasteiger partial charge in [-0.05, 0) is 35.7 Å². The van der Waals surface area contributed by atoms with Crippen LogP contribution in [0, 0.1) is 0 Å². The van der Waals surface area contributed by atoms with E-state index in [-0.39, 0.29) is 0 Å². The molecule has 142 valence electrons. The van der Waals surface area contributed by atoms with E-state index in [9.17, 15) is 4.79 Å². The van der Waals surface area contributed by atoms with Gasteiger partial charge in [0.2, 0.25) is 5.90 Å². The van der Waals surface area contributed by atoms with Crippen molar-refractivity contribution in [1.29, 1.82) is 0 Å². The zero-order chi connectivity index (χ0) is 20.1. The van der Waals surface area contributed by atoms with Gasteiger partial charge in [0.15, 0.2) is 0 Å². The molecule has 0 N–H and O–H groups in total. The number of methoxy groups -OCH3 is 1. The van der Waals surface area contributed by atoms with Gasteiger partial charge in [0, 0.05) is 10.9 Å². The van der Waals surface area contributed by atoms with Gasteiger partial charge in [-0.3, -0.25) is 0 Å². The molecule has 0 fully saturated rings. The Morgan fingerprint density at radius 2 is 1.45 bits per heavy atom. The third-order valence-electron chi connectivity index (χ3n) is 4.51. The van der Waals surface area contributed by atoms with Crippen molar-refractivity contribution in [2.24, 2.45) is 4.99 Å². The second kappa shape index (κ2) is 8.40. The third-order valence-corrected chi connectivity index (χ3v) is 4.51. The van der Waals surface area contributed by atoms with E-state index in [0.717, 1.165) is 22.0 Å². The highest BCUT2D eigenvalue weighted by atomic mass is 16.5. The minimum atomic E-state index is -0.460. The van der Waals surface area contributed by atoms with Crippen molar-refractivity contribution in [2.75, 3.05) is 7.11 Å². The SMILES string of the molecule is COC(=O)c1ccccc1OC(=Nc1cccc2ccccc12)c1ccccc1. The van der Waals surface area contributed by atoms with Gasteiger partial charge in [-0.25, -0.2) is 9.79 Å². The van der Waals surface area contributed by atoms with Crippen LogP contribution >= 0.6 is 0 Å². The monoisotopic (exact) mass is 381 g/mol. The zero-order valence-corrected chi connectivity index (χ0v) is 15.9. The number of carbonyl (C=O) groups excluding carboxylic acids is 1. The van der Waals surface area contributed by atoms with Crippen LogP contribution in [0.25, 0.3) is 10.8 Å². The second-order valence-corrected chi connectivity index (χ2v) is 6.37. The van der Waals surface area contributed by atoms with E-state index in [0.29, 0.717) is 17.2 Å². The Labute approximate surface area is 169 Å². The lowest BCUT2D eigenvalue weighted by molar-refractivity contribution is 0.0598. The lowest BCUT2D eigenvalue weighted by atomic mass is 10.1. The first-order valence-corrected chi connectivity index (χ1v) is 9.23. The van der Waals surface area contributed by atoms with Gasteiger partial charge in [0.1, 0.15) is 11.3 Å². The van der Waals surface area contributed by atoms with Crippen LogP contribution in [0.4, 0.5) is 5.69 Å². The summed E-state index contributed by atoms with van der Waals surface area (Å²) >= 11 is 0. The van der Waals surface area contributed by atoms with Crippen molar-refractivity contribution < 1.29 is 14.3 Å². The van der Waals surface area contributed by atoms with Crippen LogP contribution in [0.2, 0.25) is 0 Å². The van der Waals surface area contributed by atoms with Crippen LogP contribution in [0.15, 0.2) is 102 Å². The molecule has 4 aromatic carbocycles. The fourth-order valence-electron chi connectivity index (χ4n) is 3.08. The molecule has 0 aliphatic carbocycles. The van der Waals surface area contributed by atoms with Crippen LogP contribution in [0.1, 0.15) is 15.9 Å². The van der Waals surface area contributed by atoms with E-state index < -0.39 is 5.97 Å². The van der Waals surface area contributed by atoms with E-state index in [2.05, 4.69) is 0 Å². The highest BCUT2D eigenvalue weighted by Gasteiger charge is 2.16. The first-order chi connectivity index (χ1) is 14.3. The Morgan fingerprint density at radius 1 is 0.759 bits per heavy atom. The number of para-hydroxylation sites is 1. The predicted molar refractivity (Wildman–Crippen MR) is 115 cm³/mol. The number of ether oxygens (including phenoxy) is 2. The number of fused-ring (bicyclic) bond motifs is 1. The van der Waals surface area contributed by atoms with Gasteiger partial charge in [0.05, 0.1) is 12.8 Å². The standard InChI is InChI=1S/C25H19NO3/c1-28-25(27)21-15-7-8-17-23(21)29-24(19-11-3-2-4-12-19)26-22-16-9-13-18-10-5-6-14-20(18)22/h2-17H,1H3. The molecule has 0 saturated carbocycles. The molecular weight excluding hydrogens is 362 g/mol. The van der Waals surface area contributed by atoms with Crippen LogP contribution in [-0.2, 0) is 4.74 Å². The maximum absolute atomic E-state index is 12.1. The Bertz CT molecular complexity index is 1180. The molecule has 0 unspecified atom stereocenters. The van der Waals surface area contributed by atoms with Crippen molar-refractivity contribution in [2.45, 2.75) is 0 Å². The van der Waals surface area contributed by atoms with Gasteiger partial charge < -0.3 is 9.47 Å². The normalized spacial score (nSPS) is 11.3. The molecule has 0 atom stereocenters. The smallest absolute Gasteiger partial charge is 0.341 e. The van der Waals surface area contributed by atoms with Crippen molar-refractivity contribution in [1.82, 2.24) is 0 Å². The predicted octanol–water partition coefficient (Wildman–Crippen LogP) is 5.78. The quantitative estimate of drug-likeness (QED) is 0.256. The third kappa shape index (κ3) is 4.01. The van der Waals surface area contributed by atoms with Gasteiger partial charge >= 0.3 is 5.97 Å². The maximum atomic E-state index is 12.1. The number of hydrogen-bond donors (Lipinski definition) is 0. The molecule has 4 aromatic rings. The zero-order valence-electron chi connectivity index (χ0n) is 15.9. The first-order valence-electron chi connectivity index (χ1n) is 9.23. The van der Waals surface area contributed by atoms with E-state index in [1.165, 1.54) is 7.11 Å². The Morgan fingerprint density at radius 3 is 2.28 bits per heavy atom. The van der Waals surface area contributed by atoms with Crippen LogP contribution in [-0.4, -0.2) is 19.0 Å². The molecule has 0 aliphatic rings. The van der Waals surface area contributed by atoms with Gasteiger partial charge in [-0.15, -0.1) is 0 Å². The van der Waals surface area contributed by atoms with Crippen LogP contribution < -0.4 is 4.74 Å². The van der Waals surface area contributed by atoms with E-state index >= 15 is 0 Å². The summed E-state index contributed by atoms with van der Waals surface area (Å²) in [6, 6.07) is 30.6. The molecule has 4 nitrogen and oxygen atoms in total. The maximum Gasteiger partial charge on any atom is 0.341 e. The van der Waals surface area contributed by atoms with Crippen molar-refractivity contribution >= 4 is 28.3 Å². The average Bonchev–Trinajstić information content (AvgIpc) is 2.79. The Kier molecular flexibility index (Phi) is 5.34. The molecule has 4 heteroatoms. The number of benzene rings is 4. The molecule has 0 bridgehead atoms. The molecule has 0 amide bonds. The lowest BCUT2D eigenvalue weighted by Gasteiger charge is -2.13. The fourth-order valence-corrected chi connectivity index (χ4v) is 3.08. The molecule has 0 aliphatic heterocycles. The Hall–Kier alpha value is -3.92. The average molecular weight is 381 g/mol. The summed E-state index contributed by atoms with van der Waals surface area (Å²) in [6.07, 6.45) is 0. The second-order valence-electron chi connectivity index (χ2n) is 6.37. The van der Waals surface area contributed by atoms with Crippen LogP contribution in [0.5, 0.6) is 5.75 Å². The molecule has 29 heavy (non-hydrogen) atoms. The molecule has 0 aromatic heterocycles. The molecule has 0 radical (unpaired) electrons. The van der Waals surface area contributed by atoms with Crippen molar-refractivity contribution in [3.05, 3.63) is 108 Å². The first kappa shape index (κ1) is 18.4. The highest BCUT2D eigenvalue weighted by molar-refractivity contribution is 6.02. The summed E-state index contributed by atoms with van der Waals surface area (Å²) in [7, 11) is 1.35. The largest absolute Gasteiger partial charge is 0.465 e. The molecule has 0 spiro atoms. The topological polar surface area (TPSA) is 47.9 Å². The number of carbonyl (C=O) groups is 1. The van der Waals surface area contributed by atoms with Gasteiger partial charge in [0.25, 0.3) is 0 Å². The summed E-state index contributed by atoms with van der Waals surface area (Å²) in [5.74, 6) is 0.332. The van der Waals surface area contributed by atoms with Gasteiger partial charge in [-0.2, -0.15) is 0 Å². The summed E-state index contributed by atoms with van der Waals surface area (Å²) < 4.78 is 11.0. The number of rotatable bonds is 4. The van der Waals surface area contributed by atoms with Gasteiger partial charge in [-0.1, -0.05) is 66.7 Å². The molecule has 4 rings (SSSR count). The highest BCUT2D eigenvalue weighted by Crippen LogP contribution is 2.28. The summed E-state index contributed by atoms with van der Waals surface area (Å²) in [5.41, 5.74) is 1.94. The van der Waals surface area contributed by atoms with E-state index in [4.69, 9.17) is 14.5 Å². The van der Waals surface area contributed by atoms with Crippen LogP contribution in [0.3, 0.4) is 0 Å². The van der Waals surface area contributed by atoms with E-state index in [1.54, 1.807) is 18.2 Å². The molecular formula is C25H19NO3. The summed E-state index contributed by atoms with van der Waals surface area (Å²) in [4.78, 5) is 17.0. The molecule has 0 heterocycles. The minimum Gasteiger partial charge on any atom is -0.465 e. The van der Waals surface area contributed by atoms with E-state index in [1.807, 2.05) is 78.9 Å². The Balaban J connectivity index is 1.84. The van der Waals surface area contributed by atoms with Crippen molar-refractivity contribution in [3.8, 4) is 5.75 Å². The number of aliphatic imine (C=N–C) groups is 1. The summed E-state index contributed by atoms with van der Waals surface area (Å²) in [5, 5.41) is 2.12. The lowest BCUT2D eigenvalue weighted by Crippen LogP contribution is -2.13. The summed E-state index contributed by atoms with van der Waals surface area (Å²) in [6.45, 7) is 0. The fraction of sp³-hybridized carbons (Fsp3) is 0.0400. The number of esters is 1. The number of nitrogens with zero attached hydrogens (tertiary/aromatic N) is 1. The number of hydrogen-bond acceptors (Lipinski definition) is 4. The minimum absolute atomic E-state index is 0.344. The van der Waals surface area contributed by atoms with Crippen molar-refractivity contribution in [3.63, 3.8) is 0 Å².